The van der Waals surface area contributed by atoms with E-state index in [1.807, 2.05) is 37.3 Å². The number of hydrogen-bond donors (Lipinski definition) is 0. The Balaban J connectivity index is 1.86. The predicted octanol–water partition coefficient (Wildman–Crippen LogP) is 3.07. The van der Waals surface area contributed by atoms with Gasteiger partial charge in [0.2, 0.25) is 15.9 Å². The van der Waals surface area contributed by atoms with Crippen molar-refractivity contribution >= 4 is 39.1 Å². The second-order valence-corrected chi connectivity index (χ2v) is 8.54. The van der Waals surface area contributed by atoms with E-state index in [4.69, 9.17) is 11.6 Å². The molecule has 6 nitrogen and oxygen atoms in total. The number of anilines is 1. The van der Waals surface area contributed by atoms with Crippen molar-refractivity contribution in [3.05, 3.63) is 64.7 Å². The van der Waals surface area contributed by atoms with Crippen LogP contribution in [0.4, 0.5) is 5.69 Å². The van der Waals surface area contributed by atoms with E-state index < -0.39 is 15.9 Å². The van der Waals surface area contributed by atoms with Crippen LogP contribution in [0.15, 0.2) is 48.5 Å². The molecule has 1 aliphatic rings. The fraction of sp³-hybridized carbons (Fsp3) is 0.263. The molecule has 0 saturated carbocycles. The lowest BCUT2D eigenvalue weighted by atomic mass is 10.1. The summed E-state index contributed by atoms with van der Waals surface area (Å²) in [5.74, 6) is -0.969. The molecule has 1 fully saturated rings. The lowest BCUT2D eigenvalue weighted by molar-refractivity contribution is -0.116. The summed E-state index contributed by atoms with van der Waals surface area (Å²) in [6.45, 7) is 2.80. The summed E-state index contributed by atoms with van der Waals surface area (Å²) in [6, 6.07) is 13.8. The van der Waals surface area contributed by atoms with Crippen molar-refractivity contribution in [2.75, 3.05) is 16.6 Å². The van der Waals surface area contributed by atoms with E-state index in [0.717, 1.165) is 9.87 Å². The Morgan fingerprint density at radius 3 is 2.44 bits per heavy atom. The SMILES string of the molecule is CCN(Cc1ccccc1)C(=O)c1ccc(N2C(=O)CCS2(=O)=O)cc1Cl. The summed E-state index contributed by atoms with van der Waals surface area (Å²) in [7, 11) is -3.67. The van der Waals surface area contributed by atoms with Gasteiger partial charge in [-0.05, 0) is 30.7 Å². The van der Waals surface area contributed by atoms with Gasteiger partial charge in [0.05, 0.1) is 22.0 Å². The predicted molar refractivity (Wildman–Crippen MR) is 104 cm³/mol. The highest BCUT2D eigenvalue weighted by atomic mass is 35.5. The Morgan fingerprint density at radius 2 is 1.89 bits per heavy atom. The quantitative estimate of drug-likeness (QED) is 0.764. The highest BCUT2D eigenvalue weighted by Gasteiger charge is 2.36. The normalized spacial score (nSPS) is 15.8. The molecular formula is C19H19ClN2O4S. The van der Waals surface area contributed by atoms with E-state index in [-0.39, 0.29) is 34.4 Å². The Kier molecular flexibility index (Phi) is 5.53. The molecule has 3 rings (SSSR count). The minimum atomic E-state index is -3.67. The van der Waals surface area contributed by atoms with Gasteiger partial charge in [-0.2, -0.15) is 0 Å². The third kappa shape index (κ3) is 3.99. The topological polar surface area (TPSA) is 74.8 Å². The van der Waals surface area contributed by atoms with E-state index in [1.54, 1.807) is 4.90 Å². The summed E-state index contributed by atoms with van der Waals surface area (Å²) in [6.07, 6.45) is -0.0542. The second kappa shape index (κ2) is 7.70. The maximum Gasteiger partial charge on any atom is 0.255 e. The van der Waals surface area contributed by atoms with Crippen LogP contribution in [-0.4, -0.2) is 37.4 Å². The monoisotopic (exact) mass is 406 g/mol. The van der Waals surface area contributed by atoms with Crippen molar-refractivity contribution in [2.45, 2.75) is 19.9 Å². The number of amides is 2. The number of carbonyl (C=O) groups excluding carboxylic acids is 2. The average molecular weight is 407 g/mol. The number of rotatable bonds is 5. The molecule has 0 unspecified atom stereocenters. The summed E-state index contributed by atoms with van der Waals surface area (Å²) in [5.41, 5.74) is 1.42. The summed E-state index contributed by atoms with van der Waals surface area (Å²) in [4.78, 5) is 26.4. The number of carbonyl (C=O) groups is 2. The Bertz CT molecular complexity index is 976. The fourth-order valence-electron chi connectivity index (χ4n) is 2.97. The maximum atomic E-state index is 12.9. The zero-order valence-corrected chi connectivity index (χ0v) is 16.3. The summed E-state index contributed by atoms with van der Waals surface area (Å²) in [5, 5.41) is 0.110. The Hall–Kier alpha value is -2.38. The molecular weight excluding hydrogens is 388 g/mol. The molecule has 0 aromatic heterocycles. The highest BCUT2D eigenvalue weighted by Crippen LogP contribution is 2.30. The van der Waals surface area contributed by atoms with Crippen LogP contribution in [0.2, 0.25) is 5.02 Å². The van der Waals surface area contributed by atoms with Crippen LogP contribution in [0.5, 0.6) is 0 Å². The molecule has 0 aliphatic carbocycles. The molecule has 0 radical (unpaired) electrons. The van der Waals surface area contributed by atoms with Gasteiger partial charge in [0.15, 0.2) is 0 Å². The zero-order valence-electron chi connectivity index (χ0n) is 14.8. The van der Waals surface area contributed by atoms with Gasteiger partial charge in [-0.15, -0.1) is 0 Å². The van der Waals surface area contributed by atoms with Crippen LogP contribution >= 0.6 is 11.6 Å². The van der Waals surface area contributed by atoms with Crippen LogP contribution in [0.25, 0.3) is 0 Å². The number of benzene rings is 2. The van der Waals surface area contributed by atoms with Gasteiger partial charge in [0.25, 0.3) is 5.91 Å². The van der Waals surface area contributed by atoms with E-state index in [9.17, 15) is 18.0 Å². The Labute approximate surface area is 163 Å². The minimum absolute atomic E-state index is 0.0542. The van der Waals surface area contributed by atoms with E-state index in [2.05, 4.69) is 0 Å². The second-order valence-electron chi connectivity index (χ2n) is 6.19. The molecule has 1 heterocycles. The number of nitrogens with zero attached hydrogens (tertiary/aromatic N) is 2. The standard InChI is InChI=1S/C19H19ClN2O4S/c1-2-21(13-14-6-4-3-5-7-14)19(24)16-9-8-15(12-17(16)20)22-18(23)10-11-27(22,25)26/h3-9,12H,2,10-11,13H2,1H3. The largest absolute Gasteiger partial charge is 0.335 e. The molecule has 0 atom stereocenters. The molecule has 2 aromatic rings. The lowest BCUT2D eigenvalue weighted by Gasteiger charge is -2.22. The summed E-state index contributed by atoms with van der Waals surface area (Å²) >= 11 is 6.27. The fourth-order valence-corrected chi connectivity index (χ4v) is 4.68. The molecule has 8 heteroatoms. The Morgan fingerprint density at radius 1 is 1.19 bits per heavy atom. The zero-order chi connectivity index (χ0) is 19.6. The van der Waals surface area contributed by atoms with Crippen molar-refractivity contribution in [1.29, 1.82) is 0 Å². The van der Waals surface area contributed by atoms with Crippen molar-refractivity contribution < 1.29 is 18.0 Å². The smallest absolute Gasteiger partial charge is 0.255 e. The van der Waals surface area contributed by atoms with Gasteiger partial charge >= 0.3 is 0 Å². The third-order valence-corrected chi connectivity index (χ3v) is 6.38. The molecule has 142 valence electrons. The molecule has 0 bridgehead atoms. The van der Waals surface area contributed by atoms with Gasteiger partial charge < -0.3 is 4.90 Å². The summed E-state index contributed by atoms with van der Waals surface area (Å²) < 4.78 is 24.9. The van der Waals surface area contributed by atoms with Crippen molar-refractivity contribution in [3.63, 3.8) is 0 Å². The van der Waals surface area contributed by atoms with E-state index in [1.165, 1.54) is 18.2 Å². The maximum absolute atomic E-state index is 12.9. The van der Waals surface area contributed by atoms with Crippen molar-refractivity contribution in [2.24, 2.45) is 0 Å². The number of halogens is 1. The van der Waals surface area contributed by atoms with Crippen LogP contribution in [-0.2, 0) is 21.4 Å². The van der Waals surface area contributed by atoms with E-state index >= 15 is 0 Å². The first-order valence-electron chi connectivity index (χ1n) is 8.52. The van der Waals surface area contributed by atoms with E-state index in [0.29, 0.717) is 13.1 Å². The molecule has 0 spiro atoms. The van der Waals surface area contributed by atoms with Gasteiger partial charge in [-0.3, -0.25) is 9.59 Å². The van der Waals surface area contributed by atoms with Crippen molar-refractivity contribution in [1.82, 2.24) is 4.90 Å². The van der Waals surface area contributed by atoms with Gasteiger partial charge in [-0.1, -0.05) is 41.9 Å². The molecule has 1 aliphatic heterocycles. The van der Waals surface area contributed by atoms with Gasteiger partial charge in [-0.25, -0.2) is 12.7 Å². The first-order valence-corrected chi connectivity index (χ1v) is 10.5. The van der Waals surface area contributed by atoms with Crippen LogP contribution in [0.3, 0.4) is 0 Å². The average Bonchev–Trinajstić information content (AvgIpc) is 2.92. The minimum Gasteiger partial charge on any atom is -0.335 e. The molecule has 2 amide bonds. The van der Waals surface area contributed by atoms with Gasteiger partial charge in [0, 0.05) is 19.5 Å². The van der Waals surface area contributed by atoms with Crippen LogP contribution in [0, 0.1) is 0 Å². The van der Waals surface area contributed by atoms with Crippen molar-refractivity contribution in [3.8, 4) is 0 Å². The third-order valence-electron chi connectivity index (χ3n) is 4.38. The highest BCUT2D eigenvalue weighted by molar-refractivity contribution is 7.94. The van der Waals surface area contributed by atoms with Crippen LogP contribution in [0.1, 0.15) is 29.3 Å². The molecule has 2 aromatic carbocycles. The van der Waals surface area contributed by atoms with Crippen LogP contribution < -0.4 is 4.31 Å². The molecule has 27 heavy (non-hydrogen) atoms. The first kappa shape index (κ1) is 19.4. The first-order chi connectivity index (χ1) is 12.8. The molecule has 1 saturated heterocycles. The van der Waals surface area contributed by atoms with Gasteiger partial charge in [0.1, 0.15) is 0 Å². The molecule has 0 N–H and O–H groups in total. The number of sulfonamides is 1. The lowest BCUT2D eigenvalue weighted by Crippen LogP contribution is -2.31. The number of hydrogen-bond acceptors (Lipinski definition) is 4.